The maximum Gasteiger partial charge on any atom is 0.293 e. The third-order valence-electron chi connectivity index (χ3n) is 4.73. The average molecular weight is 333 g/mol. The average Bonchev–Trinajstić information content (AvgIpc) is 2.41. The van der Waals surface area contributed by atoms with E-state index < -0.39 is 0 Å². The molecule has 2 nitrogen and oxygen atoms in total. The summed E-state index contributed by atoms with van der Waals surface area (Å²) in [4.78, 5) is 10.5. The number of carbonyl (C=O) groups excluding carboxylic acids is 1. The van der Waals surface area contributed by atoms with Gasteiger partial charge in [0.1, 0.15) is 5.60 Å². The SMILES string of the molecule is Cc1cc(CCCC(C)(C)C)c(C)c(CCCC(C)(C)OC=O)c1. The van der Waals surface area contributed by atoms with Crippen molar-refractivity contribution in [2.24, 2.45) is 5.41 Å². The summed E-state index contributed by atoms with van der Waals surface area (Å²) in [6.45, 7) is 15.9. The van der Waals surface area contributed by atoms with Gasteiger partial charge in [-0.3, -0.25) is 4.79 Å². The fraction of sp³-hybridized carbons (Fsp3) is 0.682. The van der Waals surface area contributed by atoms with Gasteiger partial charge in [0, 0.05) is 0 Å². The monoisotopic (exact) mass is 332 g/mol. The van der Waals surface area contributed by atoms with Gasteiger partial charge in [-0.15, -0.1) is 0 Å². The zero-order valence-electron chi connectivity index (χ0n) is 16.8. The number of hydrogen-bond donors (Lipinski definition) is 0. The van der Waals surface area contributed by atoms with Crippen LogP contribution in [-0.2, 0) is 22.4 Å². The molecule has 0 spiro atoms. The quantitative estimate of drug-likeness (QED) is 0.523. The standard InChI is InChI=1S/C22H36O2/c1-17-14-19(10-8-12-21(3,4)5)18(2)20(15-17)11-9-13-22(6,7)24-16-23/h14-16H,8-13H2,1-7H3. The third kappa shape index (κ3) is 7.51. The highest BCUT2D eigenvalue weighted by atomic mass is 16.5. The van der Waals surface area contributed by atoms with Crippen LogP contribution in [0.5, 0.6) is 0 Å². The summed E-state index contributed by atoms with van der Waals surface area (Å²) in [6, 6.07) is 4.66. The Hall–Kier alpha value is -1.31. The number of aryl methyl sites for hydroxylation is 3. The molecule has 1 rings (SSSR count). The van der Waals surface area contributed by atoms with Gasteiger partial charge in [-0.05, 0) is 88.3 Å². The van der Waals surface area contributed by atoms with Crippen molar-refractivity contribution in [1.29, 1.82) is 0 Å². The Labute approximate surface area is 149 Å². The van der Waals surface area contributed by atoms with Crippen LogP contribution in [0.25, 0.3) is 0 Å². The lowest BCUT2D eigenvalue weighted by Crippen LogP contribution is -2.23. The summed E-state index contributed by atoms with van der Waals surface area (Å²) >= 11 is 0. The minimum absolute atomic E-state index is 0.366. The number of ether oxygens (including phenoxy) is 1. The second-order valence-electron chi connectivity index (χ2n) is 8.95. The number of carbonyl (C=O) groups is 1. The smallest absolute Gasteiger partial charge is 0.293 e. The maximum absolute atomic E-state index is 10.5. The van der Waals surface area contributed by atoms with Gasteiger partial charge in [0.2, 0.25) is 0 Å². The first kappa shape index (κ1) is 20.7. The van der Waals surface area contributed by atoms with Crippen LogP contribution in [-0.4, -0.2) is 12.1 Å². The van der Waals surface area contributed by atoms with Crippen molar-refractivity contribution in [3.8, 4) is 0 Å². The van der Waals surface area contributed by atoms with Crippen LogP contribution >= 0.6 is 0 Å². The topological polar surface area (TPSA) is 26.3 Å². The molecule has 136 valence electrons. The van der Waals surface area contributed by atoms with E-state index in [0.29, 0.717) is 11.9 Å². The van der Waals surface area contributed by atoms with Crippen LogP contribution in [0.4, 0.5) is 0 Å². The van der Waals surface area contributed by atoms with Gasteiger partial charge in [-0.2, -0.15) is 0 Å². The predicted molar refractivity (Wildman–Crippen MR) is 102 cm³/mol. The molecule has 1 aromatic carbocycles. The minimum atomic E-state index is -0.366. The van der Waals surface area contributed by atoms with Crippen LogP contribution in [0.1, 0.15) is 82.6 Å². The summed E-state index contributed by atoms with van der Waals surface area (Å²) in [5.41, 5.74) is 5.79. The first-order valence-electron chi connectivity index (χ1n) is 9.24. The molecular weight excluding hydrogens is 296 g/mol. The minimum Gasteiger partial charge on any atom is -0.462 e. The molecule has 0 saturated carbocycles. The molecule has 1 aromatic rings. The van der Waals surface area contributed by atoms with Crippen molar-refractivity contribution in [1.82, 2.24) is 0 Å². The lowest BCUT2D eigenvalue weighted by molar-refractivity contribution is -0.140. The van der Waals surface area contributed by atoms with Gasteiger partial charge in [0.05, 0.1) is 0 Å². The summed E-state index contributed by atoms with van der Waals surface area (Å²) in [6.07, 6.45) is 6.63. The molecule has 0 aliphatic heterocycles. The van der Waals surface area contributed by atoms with E-state index in [-0.39, 0.29) is 5.60 Å². The van der Waals surface area contributed by atoms with E-state index in [1.165, 1.54) is 35.1 Å². The normalized spacial score (nSPS) is 12.3. The molecule has 0 fully saturated rings. The van der Waals surface area contributed by atoms with Crippen LogP contribution < -0.4 is 0 Å². The predicted octanol–water partition coefficient (Wildman–Crippen LogP) is 5.95. The van der Waals surface area contributed by atoms with Crippen LogP contribution in [0, 0.1) is 19.3 Å². The van der Waals surface area contributed by atoms with Crippen molar-refractivity contribution < 1.29 is 9.53 Å². The Morgan fingerprint density at radius 1 is 0.917 bits per heavy atom. The molecule has 0 heterocycles. The number of rotatable bonds is 9. The zero-order valence-corrected chi connectivity index (χ0v) is 16.8. The van der Waals surface area contributed by atoms with E-state index in [1.807, 2.05) is 13.8 Å². The molecule has 2 heteroatoms. The van der Waals surface area contributed by atoms with Crippen molar-refractivity contribution in [2.75, 3.05) is 0 Å². The van der Waals surface area contributed by atoms with E-state index in [2.05, 4.69) is 46.8 Å². The Kier molecular flexibility index (Phi) is 7.51. The van der Waals surface area contributed by atoms with E-state index in [0.717, 1.165) is 25.7 Å². The Morgan fingerprint density at radius 3 is 1.88 bits per heavy atom. The second-order valence-corrected chi connectivity index (χ2v) is 8.95. The molecule has 0 unspecified atom stereocenters. The fourth-order valence-electron chi connectivity index (χ4n) is 3.24. The van der Waals surface area contributed by atoms with E-state index in [4.69, 9.17) is 4.74 Å². The van der Waals surface area contributed by atoms with Crippen LogP contribution in [0.3, 0.4) is 0 Å². The van der Waals surface area contributed by atoms with Gasteiger partial charge in [-0.25, -0.2) is 0 Å². The van der Waals surface area contributed by atoms with Gasteiger partial charge in [-0.1, -0.05) is 38.5 Å². The number of benzene rings is 1. The fourth-order valence-corrected chi connectivity index (χ4v) is 3.24. The second kappa shape index (κ2) is 8.69. The van der Waals surface area contributed by atoms with Crippen molar-refractivity contribution in [3.63, 3.8) is 0 Å². The first-order chi connectivity index (χ1) is 11.0. The molecule has 0 aromatic heterocycles. The molecular formula is C22H36O2. The van der Waals surface area contributed by atoms with Gasteiger partial charge < -0.3 is 4.74 Å². The van der Waals surface area contributed by atoms with Gasteiger partial charge in [0.25, 0.3) is 6.47 Å². The Bertz CT molecular complexity index is 536. The van der Waals surface area contributed by atoms with Crippen LogP contribution in [0.2, 0.25) is 0 Å². The van der Waals surface area contributed by atoms with Crippen LogP contribution in [0.15, 0.2) is 12.1 Å². The molecule has 24 heavy (non-hydrogen) atoms. The summed E-state index contributed by atoms with van der Waals surface area (Å²) in [7, 11) is 0. The molecule has 0 bridgehead atoms. The number of hydrogen-bond acceptors (Lipinski definition) is 2. The first-order valence-corrected chi connectivity index (χ1v) is 9.24. The maximum atomic E-state index is 10.5. The van der Waals surface area contributed by atoms with Crippen molar-refractivity contribution >= 4 is 6.47 Å². The Balaban J connectivity index is 2.70. The van der Waals surface area contributed by atoms with Gasteiger partial charge >= 0.3 is 0 Å². The van der Waals surface area contributed by atoms with Crippen molar-refractivity contribution in [2.45, 2.75) is 92.6 Å². The van der Waals surface area contributed by atoms with E-state index in [9.17, 15) is 4.79 Å². The summed E-state index contributed by atoms with van der Waals surface area (Å²) in [5, 5.41) is 0. The molecule has 0 aliphatic carbocycles. The highest BCUT2D eigenvalue weighted by Crippen LogP contribution is 2.26. The third-order valence-corrected chi connectivity index (χ3v) is 4.73. The molecule has 0 atom stereocenters. The molecule has 0 radical (unpaired) electrons. The van der Waals surface area contributed by atoms with E-state index in [1.54, 1.807) is 0 Å². The largest absolute Gasteiger partial charge is 0.462 e. The van der Waals surface area contributed by atoms with Crippen molar-refractivity contribution in [3.05, 3.63) is 34.4 Å². The highest BCUT2D eigenvalue weighted by molar-refractivity contribution is 5.39. The zero-order chi connectivity index (χ0) is 18.4. The highest BCUT2D eigenvalue weighted by Gasteiger charge is 2.18. The molecule has 0 aliphatic rings. The molecule has 0 N–H and O–H groups in total. The summed E-state index contributed by atoms with van der Waals surface area (Å²) in [5.74, 6) is 0. The van der Waals surface area contributed by atoms with E-state index >= 15 is 0 Å². The Morgan fingerprint density at radius 2 is 1.42 bits per heavy atom. The molecule has 0 saturated heterocycles. The lowest BCUT2D eigenvalue weighted by Gasteiger charge is -2.23. The van der Waals surface area contributed by atoms with Gasteiger partial charge in [0.15, 0.2) is 0 Å². The molecule has 0 amide bonds. The lowest BCUT2D eigenvalue weighted by atomic mass is 9.87. The summed E-state index contributed by atoms with van der Waals surface area (Å²) < 4.78 is 5.15.